The van der Waals surface area contributed by atoms with E-state index in [0.29, 0.717) is 12.1 Å². The second-order valence-electron chi connectivity index (χ2n) is 10.1. The maximum Gasteiger partial charge on any atom is 0.251 e. The number of nitrogens with one attached hydrogen (secondary N) is 1. The third kappa shape index (κ3) is 5.16. The number of hydrogen-bond donors (Lipinski definition) is 1. The van der Waals surface area contributed by atoms with Crippen molar-refractivity contribution >= 4 is 11.6 Å². The summed E-state index contributed by atoms with van der Waals surface area (Å²) in [5.74, 6) is -0.0126. The number of rotatable bonds is 5. The zero-order chi connectivity index (χ0) is 22.7. The van der Waals surface area contributed by atoms with E-state index >= 15 is 0 Å². The molecule has 1 saturated heterocycles. The number of benzene rings is 2. The maximum atomic E-state index is 12.9. The molecule has 172 valence electrons. The second kappa shape index (κ2) is 9.63. The van der Waals surface area contributed by atoms with E-state index in [-0.39, 0.29) is 17.4 Å². The molecule has 1 fully saturated rings. The van der Waals surface area contributed by atoms with E-state index in [0.717, 1.165) is 39.3 Å². The van der Waals surface area contributed by atoms with Crippen LogP contribution in [0.4, 0.5) is 5.69 Å². The lowest BCUT2D eigenvalue weighted by Crippen LogP contribution is -2.44. The number of anilines is 1. The molecule has 0 radical (unpaired) electrons. The summed E-state index contributed by atoms with van der Waals surface area (Å²) in [6.07, 6.45) is 2.31. The predicted octanol–water partition coefficient (Wildman–Crippen LogP) is 4.17. The van der Waals surface area contributed by atoms with Gasteiger partial charge in [0.2, 0.25) is 0 Å². The highest BCUT2D eigenvalue weighted by atomic mass is 16.5. The van der Waals surface area contributed by atoms with Crippen LogP contribution in [0.1, 0.15) is 60.3 Å². The Labute approximate surface area is 192 Å². The van der Waals surface area contributed by atoms with Gasteiger partial charge in [0.05, 0.1) is 19.3 Å². The maximum absolute atomic E-state index is 12.9. The molecule has 5 nitrogen and oxygen atoms in total. The summed E-state index contributed by atoms with van der Waals surface area (Å²) in [7, 11) is 2.17. The van der Waals surface area contributed by atoms with E-state index in [1.54, 1.807) is 0 Å². The molecule has 1 amide bonds. The summed E-state index contributed by atoms with van der Waals surface area (Å²) in [5.41, 5.74) is 6.06. The summed E-state index contributed by atoms with van der Waals surface area (Å²) >= 11 is 0. The number of carbonyl (C=O) groups is 1. The molecule has 2 aromatic rings. The average Bonchev–Trinajstić information content (AvgIpc) is 2.79. The van der Waals surface area contributed by atoms with Crippen LogP contribution >= 0.6 is 0 Å². The summed E-state index contributed by atoms with van der Waals surface area (Å²) in [6.45, 7) is 11.5. The van der Waals surface area contributed by atoms with Gasteiger partial charge in [-0.05, 0) is 53.1 Å². The van der Waals surface area contributed by atoms with Gasteiger partial charge in [0.15, 0.2) is 0 Å². The molecule has 1 N–H and O–H groups in total. The lowest BCUT2D eigenvalue weighted by Gasteiger charge is -2.36. The van der Waals surface area contributed by atoms with E-state index in [1.165, 1.54) is 28.8 Å². The minimum atomic E-state index is -0.0126. The molecule has 0 aromatic heterocycles. The molecule has 0 unspecified atom stereocenters. The number of aryl methyl sites for hydroxylation is 1. The van der Waals surface area contributed by atoms with Crippen molar-refractivity contribution in [2.75, 3.05) is 51.3 Å². The Morgan fingerprint density at radius 1 is 1.06 bits per heavy atom. The van der Waals surface area contributed by atoms with Crippen molar-refractivity contribution in [1.29, 1.82) is 0 Å². The Morgan fingerprint density at radius 2 is 1.78 bits per heavy atom. The lowest BCUT2D eigenvalue weighted by atomic mass is 9.86. The highest BCUT2D eigenvalue weighted by Gasteiger charge is 2.25. The van der Waals surface area contributed by atoms with E-state index in [2.05, 4.69) is 73.3 Å². The summed E-state index contributed by atoms with van der Waals surface area (Å²) in [6, 6.07) is 15.0. The average molecular weight is 436 g/mol. The smallest absolute Gasteiger partial charge is 0.251 e. The summed E-state index contributed by atoms with van der Waals surface area (Å²) in [4.78, 5) is 17.7. The van der Waals surface area contributed by atoms with E-state index in [4.69, 9.17) is 4.74 Å². The number of hydrogen-bond acceptors (Lipinski definition) is 4. The van der Waals surface area contributed by atoms with Crippen LogP contribution in [0.2, 0.25) is 0 Å². The Balaban J connectivity index is 1.51. The molecule has 2 aliphatic rings. The van der Waals surface area contributed by atoms with E-state index in [9.17, 15) is 4.79 Å². The normalized spacial score (nSPS) is 18.2. The largest absolute Gasteiger partial charge is 0.379 e. The van der Waals surface area contributed by atoms with Crippen molar-refractivity contribution < 1.29 is 9.53 Å². The second-order valence-corrected chi connectivity index (χ2v) is 10.1. The van der Waals surface area contributed by atoms with Crippen molar-refractivity contribution in [2.45, 2.75) is 45.1 Å². The first-order valence-corrected chi connectivity index (χ1v) is 11.9. The number of amides is 1. The fourth-order valence-electron chi connectivity index (χ4n) is 4.77. The molecule has 2 aliphatic heterocycles. The van der Waals surface area contributed by atoms with Gasteiger partial charge in [-0.15, -0.1) is 0 Å². The number of morpholine rings is 1. The quantitative estimate of drug-likeness (QED) is 0.766. The van der Waals surface area contributed by atoms with Crippen LogP contribution in [-0.4, -0.2) is 57.2 Å². The van der Waals surface area contributed by atoms with Crippen molar-refractivity contribution in [3.8, 4) is 0 Å². The van der Waals surface area contributed by atoms with Gasteiger partial charge in [0, 0.05) is 44.5 Å². The van der Waals surface area contributed by atoms with Gasteiger partial charge < -0.3 is 15.0 Å². The number of carbonyl (C=O) groups excluding carboxylic acids is 1. The molecule has 2 aromatic carbocycles. The van der Waals surface area contributed by atoms with Crippen LogP contribution in [0.25, 0.3) is 0 Å². The molecule has 5 heteroatoms. The topological polar surface area (TPSA) is 44.8 Å². The third-order valence-corrected chi connectivity index (χ3v) is 6.79. The lowest BCUT2D eigenvalue weighted by molar-refractivity contribution is 0.0162. The standard InChI is InChI=1S/C27H37N3O2/c1-27(2,3)23-10-7-20(8-11-23)26(31)28-19-25(30-14-16-32-17-15-30)22-9-12-24-21(18-22)6-5-13-29(24)4/h7-12,18,25H,5-6,13-17,19H2,1-4H3,(H,28,31)/t25-/m1/s1. The fourth-order valence-corrected chi connectivity index (χ4v) is 4.77. The molecule has 0 spiro atoms. The van der Waals surface area contributed by atoms with Gasteiger partial charge in [-0.2, -0.15) is 0 Å². The molecule has 32 heavy (non-hydrogen) atoms. The van der Waals surface area contributed by atoms with Crippen LogP contribution in [0.3, 0.4) is 0 Å². The minimum Gasteiger partial charge on any atom is -0.379 e. The predicted molar refractivity (Wildman–Crippen MR) is 131 cm³/mol. The first kappa shape index (κ1) is 22.8. The van der Waals surface area contributed by atoms with Crippen molar-refractivity contribution in [3.63, 3.8) is 0 Å². The first-order chi connectivity index (χ1) is 15.3. The molecular weight excluding hydrogens is 398 g/mol. The van der Waals surface area contributed by atoms with Crippen LogP contribution in [0, 0.1) is 0 Å². The molecular formula is C27H37N3O2. The molecule has 0 aliphatic carbocycles. The number of nitrogens with zero attached hydrogens (tertiary/aromatic N) is 2. The van der Waals surface area contributed by atoms with Crippen LogP contribution in [0.5, 0.6) is 0 Å². The highest BCUT2D eigenvalue weighted by molar-refractivity contribution is 5.94. The zero-order valence-electron chi connectivity index (χ0n) is 20.0. The van der Waals surface area contributed by atoms with Crippen molar-refractivity contribution in [1.82, 2.24) is 10.2 Å². The van der Waals surface area contributed by atoms with Crippen molar-refractivity contribution in [2.24, 2.45) is 0 Å². The first-order valence-electron chi connectivity index (χ1n) is 11.9. The monoisotopic (exact) mass is 435 g/mol. The molecule has 0 saturated carbocycles. The Hall–Kier alpha value is -2.37. The minimum absolute atomic E-state index is 0.0126. The number of fused-ring (bicyclic) bond motifs is 1. The van der Waals surface area contributed by atoms with Crippen LogP contribution in [0.15, 0.2) is 42.5 Å². The van der Waals surface area contributed by atoms with E-state index < -0.39 is 0 Å². The van der Waals surface area contributed by atoms with Gasteiger partial charge >= 0.3 is 0 Å². The van der Waals surface area contributed by atoms with Gasteiger partial charge in [-0.25, -0.2) is 0 Å². The highest BCUT2D eigenvalue weighted by Crippen LogP contribution is 2.31. The third-order valence-electron chi connectivity index (χ3n) is 6.79. The summed E-state index contributed by atoms with van der Waals surface area (Å²) < 4.78 is 5.59. The van der Waals surface area contributed by atoms with Gasteiger partial charge in [-0.3, -0.25) is 9.69 Å². The molecule has 0 bridgehead atoms. The molecule has 2 heterocycles. The molecule has 4 rings (SSSR count). The molecule has 1 atom stereocenters. The Bertz CT molecular complexity index is 927. The van der Waals surface area contributed by atoms with E-state index in [1.807, 2.05) is 12.1 Å². The van der Waals surface area contributed by atoms with Gasteiger partial charge in [-0.1, -0.05) is 45.0 Å². The van der Waals surface area contributed by atoms with Crippen LogP contribution in [-0.2, 0) is 16.6 Å². The Morgan fingerprint density at radius 3 is 2.47 bits per heavy atom. The Kier molecular flexibility index (Phi) is 6.87. The van der Waals surface area contributed by atoms with Crippen LogP contribution < -0.4 is 10.2 Å². The number of ether oxygens (including phenoxy) is 1. The fraction of sp³-hybridized carbons (Fsp3) is 0.519. The van der Waals surface area contributed by atoms with Gasteiger partial charge in [0.25, 0.3) is 5.91 Å². The summed E-state index contributed by atoms with van der Waals surface area (Å²) in [5, 5.41) is 3.21. The SMILES string of the molecule is CN1CCCc2cc([C@@H](CNC(=O)c3ccc(C(C)(C)C)cc3)N3CCOCC3)ccc21. The van der Waals surface area contributed by atoms with Gasteiger partial charge in [0.1, 0.15) is 0 Å². The zero-order valence-corrected chi connectivity index (χ0v) is 20.0. The van der Waals surface area contributed by atoms with Crippen molar-refractivity contribution in [3.05, 3.63) is 64.7 Å².